The molecule has 0 N–H and O–H groups in total. The van der Waals surface area contributed by atoms with Crippen molar-refractivity contribution in [3.63, 3.8) is 0 Å². The van der Waals surface area contributed by atoms with E-state index in [2.05, 4.69) is 9.97 Å². The zero-order valence-electron chi connectivity index (χ0n) is 5.83. The molecule has 1 aromatic rings. The zero-order valence-corrected chi connectivity index (χ0v) is 6.58. The Balaban J connectivity index is 2.06. The first-order chi connectivity index (χ1) is 5.34. The lowest BCUT2D eigenvalue weighted by Gasteiger charge is -2.00. The summed E-state index contributed by atoms with van der Waals surface area (Å²) >= 11 is 5.53. The third kappa shape index (κ3) is 1.80. The van der Waals surface area contributed by atoms with E-state index in [9.17, 15) is 0 Å². The average Bonchev–Trinajstić information content (AvgIpc) is 2.78. The second-order valence-corrected chi connectivity index (χ2v) is 2.88. The van der Waals surface area contributed by atoms with Gasteiger partial charge in [0, 0.05) is 0 Å². The first kappa shape index (κ1) is 6.85. The van der Waals surface area contributed by atoms with Crippen molar-refractivity contribution >= 4 is 11.6 Å². The van der Waals surface area contributed by atoms with Crippen LogP contribution in [0.1, 0.15) is 12.8 Å². The molecule has 3 nitrogen and oxygen atoms in total. The Morgan fingerprint density at radius 1 is 1.36 bits per heavy atom. The van der Waals surface area contributed by atoms with Gasteiger partial charge in [0.2, 0.25) is 5.88 Å². The van der Waals surface area contributed by atoms with Gasteiger partial charge in [0.25, 0.3) is 0 Å². The maximum atomic E-state index is 5.53. The molecule has 11 heavy (non-hydrogen) atoms. The highest BCUT2D eigenvalue weighted by molar-refractivity contribution is 6.29. The number of hydrogen-bond acceptors (Lipinski definition) is 3. The SMILES string of the molecule is Clc1cnc(OC2CC2)cn1. The van der Waals surface area contributed by atoms with E-state index in [0.717, 1.165) is 12.8 Å². The molecular formula is C7H7ClN2O. The summed E-state index contributed by atoms with van der Waals surface area (Å²) in [4.78, 5) is 7.78. The molecular weight excluding hydrogens is 164 g/mol. The Hall–Kier alpha value is -0.830. The van der Waals surface area contributed by atoms with Gasteiger partial charge in [-0.05, 0) is 12.8 Å². The Morgan fingerprint density at radius 3 is 2.73 bits per heavy atom. The highest BCUT2D eigenvalue weighted by atomic mass is 35.5. The summed E-state index contributed by atoms with van der Waals surface area (Å²) in [5, 5.41) is 0.396. The molecule has 0 radical (unpaired) electrons. The molecule has 1 aromatic heterocycles. The molecule has 1 heterocycles. The monoisotopic (exact) mass is 170 g/mol. The van der Waals surface area contributed by atoms with Crippen LogP contribution in [0.3, 0.4) is 0 Å². The zero-order chi connectivity index (χ0) is 7.68. The third-order valence-corrected chi connectivity index (χ3v) is 1.60. The summed E-state index contributed by atoms with van der Waals surface area (Å²) in [6.07, 6.45) is 5.65. The summed E-state index contributed by atoms with van der Waals surface area (Å²) in [6, 6.07) is 0. The van der Waals surface area contributed by atoms with E-state index in [-0.39, 0.29) is 0 Å². The molecule has 1 aliphatic rings. The third-order valence-electron chi connectivity index (χ3n) is 1.41. The minimum absolute atomic E-state index is 0.366. The molecule has 0 spiro atoms. The van der Waals surface area contributed by atoms with E-state index in [1.54, 1.807) is 6.20 Å². The van der Waals surface area contributed by atoms with Crippen LogP contribution in [0, 0.1) is 0 Å². The van der Waals surface area contributed by atoms with Crippen molar-refractivity contribution in [1.82, 2.24) is 9.97 Å². The number of halogens is 1. The highest BCUT2D eigenvalue weighted by Crippen LogP contribution is 2.24. The molecule has 0 saturated heterocycles. The molecule has 0 aromatic carbocycles. The fourth-order valence-electron chi connectivity index (χ4n) is 0.718. The van der Waals surface area contributed by atoms with Gasteiger partial charge in [-0.15, -0.1) is 0 Å². The number of nitrogens with zero attached hydrogens (tertiary/aromatic N) is 2. The quantitative estimate of drug-likeness (QED) is 0.677. The van der Waals surface area contributed by atoms with Gasteiger partial charge in [-0.2, -0.15) is 0 Å². The van der Waals surface area contributed by atoms with Crippen molar-refractivity contribution in [1.29, 1.82) is 0 Å². The highest BCUT2D eigenvalue weighted by Gasteiger charge is 2.23. The van der Waals surface area contributed by atoms with Crippen molar-refractivity contribution in [3.05, 3.63) is 17.5 Å². The summed E-state index contributed by atoms with van der Waals surface area (Å²) in [5.41, 5.74) is 0. The fourth-order valence-corrected chi connectivity index (χ4v) is 0.816. The normalized spacial score (nSPS) is 16.5. The predicted octanol–water partition coefficient (Wildman–Crippen LogP) is 1.67. The van der Waals surface area contributed by atoms with Gasteiger partial charge < -0.3 is 4.74 Å². The summed E-state index contributed by atoms with van der Waals surface area (Å²) in [7, 11) is 0. The van der Waals surface area contributed by atoms with E-state index in [1.165, 1.54) is 6.20 Å². The molecule has 0 amide bonds. The van der Waals surface area contributed by atoms with Crippen LogP contribution in [-0.4, -0.2) is 16.1 Å². The molecule has 2 rings (SSSR count). The van der Waals surface area contributed by atoms with E-state index in [1.807, 2.05) is 0 Å². The lowest BCUT2D eigenvalue weighted by atomic mass is 10.7. The van der Waals surface area contributed by atoms with Crippen LogP contribution in [0.5, 0.6) is 5.88 Å². The Labute approximate surface area is 69.4 Å². The van der Waals surface area contributed by atoms with E-state index < -0.39 is 0 Å². The van der Waals surface area contributed by atoms with Gasteiger partial charge in [0.15, 0.2) is 0 Å². The second kappa shape index (κ2) is 2.66. The van der Waals surface area contributed by atoms with Gasteiger partial charge in [-0.25, -0.2) is 9.97 Å². The van der Waals surface area contributed by atoms with E-state index in [4.69, 9.17) is 16.3 Å². The molecule has 0 bridgehead atoms. The van der Waals surface area contributed by atoms with Crippen molar-refractivity contribution in [2.45, 2.75) is 18.9 Å². The molecule has 58 valence electrons. The van der Waals surface area contributed by atoms with Gasteiger partial charge in [-0.3, -0.25) is 0 Å². The molecule has 0 atom stereocenters. The Morgan fingerprint density at radius 2 is 2.18 bits per heavy atom. The van der Waals surface area contributed by atoms with Gasteiger partial charge in [0.05, 0.1) is 12.4 Å². The first-order valence-electron chi connectivity index (χ1n) is 3.49. The maximum Gasteiger partial charge on any atom is 0.232 e. The smallest absolute Gasteiger partial charge is 0.232 e. The molecule has 1 fully saturated rings. The van der Waals surface area contributed by atoms with E-state index >= 15 is 0 Å². The van der Waals surface area contributed by atoms with E-state index in [0.29, 0.717) is 17.1 Å². The van der Waals surface area contributed by atoms with Crippen LogP contribution in [0.15, 0.2) is 12.4 Å². The predicted molar refractivity (Wildman–Crippen MR) is 40.7 cm³/mol. The fraction of sp³-hybridized carbons (Fsp3) is 0.429. The van der Waals surface area contributed by atoms with Crippen molar-refractivity contribution in [2.24, 2.45) is 0 Å². The molecule has 1 saturated carbocycles. The van der Waals surface area contributed by atoms with Crippen molar-refractivity contribution in [2.75, 3.05) is 0 Å². The number of ether oxygens (including phenoxy) is 1. The van der Waals surface area contributed by atoms with Crippen LogP contribution in [0.2, 0.25) is 5.15 Å². The number of rotatable bonds is 2. The number of aromatic nitrogens is 2. The lowest BCUT2D eigenvalue weighted by Crippen LogP contribution is -1.98. The Bertz CT molecular complexity index is 245. The topological polar surface area (TPSA) is 35.0 Å². The van der Waals surface area contributed by atoms with Gasteiger partial charge in [-0.1, -0.05) is 11.6 Å². The van der Waals surface area contributed by atoms with Crippen LogP contribution in [0.25, 0.3) is 0 Å². The van der Waals surface area contributed by atoms with Gasteiger partial charge in [0.1, 0.15) is 11.3 Å². The Kier molecular flexibility index (Phi) is 1.66. The maximum absolute atomic E-state index is 5.53. The second-order valence-electron chi connectivity index (χ2n) is 2.49. The minimum Gasteiger partial charge on any atom is -0.473 e. The minimum atomic E-state index is 0.366. The first-order valence-corrected chi connectivity index (χ1v) is 3.86. The van der Waals surface area contributed by atoms with Crippen LogP contribution < -0.4 is 4.74 Å². The number of hydrogen-bond donors (Lipinski definition) is 0. The molecule has 0 unspecified atom stereocenters. The molecule has 0 aliphatic heterocycles. The standard InChI is InChI=1S/C7H7ClN2O/c8-6-3-10-7(4-9-6)11-5-1-2-5/h3-5H,1-2H2. The summed E-state index contributed by atoms with van der Waals surface area (Å²) in [5.74, 6) is 0.567. The van der Waals surface area contributed by atoms with Crippen molar-refractivity contribution in [3.8, 4) is 5.88 Å². The average molecular weight is 171 g/mol. The van der Waals surface area contributed by atoms with Crippen LogP contribution in [0.4, 0.5) is 0 Å². The van der Waals surface area contributed by atoms with Crippen LogP contribution >= 0.6 is 11.6 Å². The van der Waals surface area contributed by atoms with Crippen molar-refractivity contribution < 1.29 is 4.74 Å². The van der Waals surface area contributed by atoms with Gasteiger partial charge >= 0.3 is 0 Å². The van der Waals surface area contributed by atoms with Crippen LogP contribution in [-0.2, 0) is 0 Å². The summed E-state index contributed by atoms with van der Waals surface area (Å²) < 4.78 is 5.35. The largest absolute Gasteiger partial charge is 0.473 e. The molecule has 1 aliphatic carbocycles. The summed E-state index contributed by atoms with van der Waals surface area (Å²) in [6.45, 7) is 0. The lowest BCUT2D eigenvalue weighted by molar-refractivity contribution is 0.289. The molecule has 4 heteroatoms.